The van der Waals surface area contributed by atoms with Gasteiger partial charge in [-0.15, -0.1) is 0 Å². The van der Waals surface area contributed by atoms with Crippen molar-refractivity contribution in [2.45, 2.75) is 24.2 Å². The second-order valence-corrected chi connectivity index (χ2v) is 6.01. The van der Waals surface area contributed by atoms with Gasteiger partial charge in [0.2, 0.25) is 5.95 Å². The molecule has 6 heteroatoms. The first-order valence-corrected chi connectivity index (χ1v) is 7.27. The fourth-order valence-corrected chi connectivity index (χ4v) is 3.25. The van der Waals surface area contributed by atoms with E-state index in [-0.39, 0.29) is 5.95 Å². The Morgan fingerprint density at radius 2 is 2.06 bits per heavy atom. The van der Waals surface area contributed by atoms with E-state index in [9.17, 15) is 8.42 Å². The first-order chi connectivity index (χ1) is 8.65. The average Bonchev–Trinajstić information content (AvgIpc) is 2.97. The molecule has 0 aliphatic heterocycles. The van der Waals surface area contributed by atoms with Crippen LogP contribution < -0.4 is 4.72 Å². The van der Waals surface area contributed by atoms with Crippen LogP contribution in [0.2, 0.25) is 0 Å². The number of nitrogens with one attached hydrogen (secondary N) is 2. The number of sulfonamides is 1. The maximum atomic E-state index is 12.1. The highest BCUT2D eigenvalue weighted by Crippen LogP contribution is 2.25. The van der Waals surface area contributed by atoms with Crippen molar-refractivity contribution in [3.05, 3.63) is 41.7 Å². The molecule has 0 spiro atoms. The number of fused-ring (bicyclic) bond motifs is 1. The lowest BCUT2D eigenvalue weighted by Gasteiger charge is -2.07. The van der Waals surface area contributed by atoms with Gasteiger partial charge < -0.3 is 4.98 Å². The predicted octanol–water partition coefficient (Wildman–Crippen LogP) is 1.70. The summed E-state index contributed by atoms with van der Waals surface area (Å²) in [6.45, 7) is 0. The molecule has 0 unspecified atom stereocenters. The van der Waals surface area contributed by atoms with Gasteiger partial charge in [-0.05, 0) is 42.5 Å². The second-order valence-electron chi connectivity index (χ2n) is 4.33. The van der Waals surface area contributed by atoms with Crippen molar-refractivity contribution in [3.63, 3.8) is 0 Å². The lowest BCUT2D eigenvalue weighted by Crippen LogP contribution is -2.14. The average molecular weight is 263 g/mol. The van der Waals surface area contributed by atoms with Gasteiger partial charge >= 0.3 is 0 Å². The second kappa shape index (κ2) is 4.13. The van der Waals surface area contributed by atoms with Gasteiger partial charge in [-0.3, -0.25) is 0 Å². The Balaban J connectivity index is 1.94. The lowest BCUT2D eigenvalue weighted by molar-refractivity contribution is 0.600. The number of imidazole rings is 1. The zero-order valence-corrected chi connectivity index (χ0v) is 10.5. The van der Waals surface area contributed by atoms with Crippen LogP contribution in [0, 0.1) is 0 Å². The van der Waals surface area contributed by atoms with Crippen LogP contribution in [0.1, 0.15) is 17.5 Å². The Bertz CT molecular complexity index is 663. The summed E-state index contributed by atoms with van der Waals surface area (Å²) in [4.78, 5) is 6.86. The number of rotatable bonds is 3. The molecule has 1 aromatic carbocycles. The fraction of sp³-hybridized carbons (Fsp3) is 0.250. The molecule has 94 valence electrons. The van der Waals surface area contributed by atoms with Gasteiger partial charge in [0.25, 0.3) is 10.0 Å². The van der Waals surface area contributed by atoms with E-state index >= 15 is 0 Å². The minimum absolute atomic E-state index is 0.232. The van der Waals surface area contributed by atoms with Crippen LogP contribution in [0.5, 0.6) is 0 Å². The number of benzene rings is 1. The van der Waals surface area contributed by atoms with Crippen LogP contribution in [0.3, 0.4) is 0 Å². The van der Waals surface area contributed by atoms with Crippen LogP contribution in [0.25, 0.3) is 0 Å². The number of aromatic nitrogens is 2. The van der Waals surface area contributed by atoms with E-state index in [2.05, 4.69) is 14.7 Å². The van der Waals surface area contributed by atoms with Crippen LogP contribution in [0.15, 0.2) is 35.5 Å². The molecule has 0 amide bonds. The number of hydrogen-bond donors (Lipinski definition) is 2. The summed E-state index contributed by atoms with van der Waals surface area (Å²) >= 11 is 0. The van der Waals surface area contributed by atoms with Crippen molar-refractivity contribution in [3.8, 4) is 0 Å². The number of anilines is 1. The minimum Gasteiger partial charge on any atom is -0.330 e. The summed E-state index contributed by atoms with van der Waals surface area (Å²) in [5.74, 6) is 0.232. The minimum atomic E-state index is -3.55. The van der Waals surface area contributed by atoms with Crippen molar-refractivity contribution >= 4 is 16.0 Å². The van der Waals surface area contributed by atoms with Crippen LogP contribution in [0.4, 0.5) is 5.95 Å². The largest absolute Gasteiger partial charge is 0.330 e. The SMILES string of the molecule is O=S(=O)(Nc1ncc[nH]1)c1ccc2c(c1)CCC2. The molecule has 3 rings (SSSR count). The monoisotopic (exact) mass is 263 g/mol. The molecule has 0 fully saturated rings. The quantitative estimate of drug-likeness (QED) is 0.885. The third-order valence-electron chi connectivity index (χ3n) is 3.11. The molecule has 0 saturated carbocycles. The molecule has 2 N–H and O–H groups in total. The fourth-order valence-electron chi connectivity index (χ4n) is 2.22. The van der Waals surface area contributed by atoms with Gasteiger partial charge in [-0.25, -0.2) is 18.1 Å². The number of H-pyrrole nitrogens is 1. The molecule has 1 heterocycles. The number of hydrogen-bond acceptors (Lipinski definition) is 3. The highest BCUT2D eigenvalue weighted by Gasteiger charge is 2.19. The van der Waals surface area contributed by atoms with Crippen molar-refractivity contribution in [1.82, 2.24) is 9.97 Å². The van der Waals surface area contributed by atoms with Crippen LogP contribution in [-0.2, 0) is 22.9 Å². The van der Waals surface area contributed by atoms with Crippen molar-refractivity contribution < 1.29 is 8.42 Å². The van der Waals surface area contributed by atoms with E-state index < -0.39 is 10.0 Å². The zero-order chi connectivity index (χ0) is 12.6. The van der Waals surface area contributed by atoms with Crippen molar-refractivity contribution in [1.29, 1.82) is 0 Å². The number of aromatic amines is 1. The van der Waals surface area contributed by atoms with Gasteiger partial charge in [0.15, 0.2) is 0 Å². The molecule has 1 aromatic heterocycles. The Kier molecular flexibility index (Phi) is 2.59. The molecule has 0 atom stereocenters. The van der Waals surface area contributed by atoms with Gasteiger partial charge in [0.05, 0.1) is 4.90 Å². The molecular formula is C12H13N3O2S. The smallest absolute Gasteiger partial charge is 0.264 e. The molecule has 0 bridgehead atoms. The molecule has 1 aliphatic carbocycles. The van der Waals surface area contributed by atoms with E-state index in [1.54, 1.807) is 18.3 Å². The van der Waals surface area contributed by atoms with Gasteiger partial charge in [-0.2, -0.15) is 0 Å². The molecule has 1 aliphatic rings. The normalized spacial score (nSPS) is 14.4. The summed E-state index contributed by atoms with van der Waals surface area (Å²) in [7, 11) is -3.55. The summed E-state index contributed by atoms with van der Waals surface area (Å²) in [5, 5.41) is 0. The van der Waals surface area contributed by atoms with E-state index in [0.29, 0.717) is 4.90 Å². The maximum absolute atomic E-state index is 12.1. The third-order valence-corrected chi connectivity index (χ3v) is 4.45. The molecule has 0 saturated heterocycles. The van der Waals surface area contributed by atoms with E-state index in [4.69, 9.17) is 0 Å². The molecule has 18 heavy (non-hydrogen) atoms. The van der Waals surface area contributed by atoms with E-state index in [1.165, 1.54) is 11.8 Å². The molecule has 2 aromatic rings. The van der Waals surface area contributed by atoms with E-state index in [1.807, 2.05) is 6.07 Å². The zero-order valence-electron chi connectivity index (χ0n) is 9.68. The van der Waals surface area contributed by atoms with Crippen LogP contribution in [-0.4, -0.2) is 18.4 Å². The number of aryl methyl sites for hydroxylation is 2. The maximum Gasteiger partial charge on any atom is 0.264 e. The highest BCUT2D eigenvalue weighted by molar-refractivity contribution is 7.92. The first-order valence-electron chi connectivity index (χ1n) is 5.79. The third kappa shape index (κ3) is 1.99. The first kappa shape index (κ1) is 11.3. The summed E-state index contributed by atoms with van der Waals surface area (Å²) in [6, 6.07) is 5.31. The Morgan fingerprint density at radius 1 is 1.22 bits per heavy atom. The molecule has 5 nitrogen and oxygen atoms in total. The van der Waals surface area contributed by atoms with Crippen molar-refractivity contribution in [2.75, 3.05) is 4.72 Å². The summed E-state index contributed by atoms with van der Waals surface area (Å²) in [6.07, 6.45) is 6.17. The standard InChI is InChI=1S/C12H13N3O2S/c16-18(17,15-12-13-6-7-14-12)11-5-4-9-2-1-3-10(9)8-11/h4-8H,1-3H2,(H2,13,14,15). The predicted molar refractivity (Wildman–Crippen MR) is 67.9 cm³/mol. The Labute approximate surface area is 105 Å². The van der Waals surface area contributed by atoms with Gasteiger partial charge in [0, 0.05) is 12.4 Å². The van der Waals surface area contributed by atoms with Gasteiger partial charge in [0.1, 0.15) is 0 Å². The van der Waals surface area contributed by atoms with Crippen molar-refractivity contribution in [2.24, 2.45) is 0 Å². The number of nitrogens with zero attached hydrogens (tertiary/aromatic N) is 1. The lowest BCUT2D eigenvalue weighted by atomic mass is 10.1. The van der Waals surface area contributed by atoms with E-state index in [0.717, 1.165) is 24.8 Å². The van der Waals surface area contributed by atoms with Gasteiger partial charge in [-0.1, -0.05) is 6.07 Å². The Morgan fingerprint density at radius 3 is 2.83 bits per heavy atom. The molecular weight excluding hydrogens is 250 g/mol. The van der Waals surface area contributed by atoms with Crippen LogP contribution >= 0.6 is 0 Å². The molecule has 0 radical (unpaired) electrons. The highest BCUT2D eigenvalue weighted by atomic mass is 32.2. The topological polar surface area (TPSA) is 74.8 Å². The Hall–Kier alpha value is -1.82. The summed E-state index contributed by atoms with van der Waals surface area (Å²) in [5.41, 5.74) is 2.39. The summed E-state index contributed by atoms with van der Waals surface area (Å²) < 4.78 is 26.7.